The highest BCUT2D eigenvalue weighted by molar-refractivity contribution is 5.73. The number of amides is 1. The van der Waals surface area contributed by atoms with Crippen molar-refractivity contribution in [1.82, 2.24) is 0 Å². The first-order chi connectivity index (χ1) is 8.52. The first-order valence-corrected chi connectivity index (χ1v) is 5.47. The molecule has 0 aliphatic heterocycles. The number of carbonyl (C=O) groups is 1. The zero-order valence-corrected chi connectivity index (χ0v) is 9.69. The molecule has 1 aromatic rings. The van der Waals surface area contributed by atoms with E-state index in [1.807, 2.05) is 0 Å². The average Bonchev–Trinajstić information content (AvgIpc) is 2.27. The third-order valence-corrected chi connectivity index (χ3v) is 2.33. The van der Waals surface area contributed by atoms with E-state index in [9.17, 15) is 19.3 Å². The van der Waals surface area contributed by atoms with Gasteiger partial charge in [0.05, 0.1) is 4.92 Å². The molecule has 6 nitrogen and oxygen atoms in total. The molecule has 0 aromatic heterocycles. The van der Waals surface area contributed by atoms with Crippen LogP contribution in [-0.4, -0.2) is 17.4 Å². The molecule has 98 valence electrons. The number of benzene rings is 1. The van der Waals surface area contributed by atoms with Gasteiger partial charge in [-0.2, -0.15) is 4.39 Å². The Balaban J connectivity index is 2.54. The number of primary amides is 1. The summed E-state index contributed by atoms with van der Waals surface area (Å²) >= 11 is 0. The molecule has 18 heavy (non-hydrogen) atoms. The van der Waals surface area contributed by atoms with Crippen molar-refractivity contribution in [2.24, 2.45) is 5.73 Å². The second-order valence-corrected chi connectivity index (χ2v) is 3.74. The quantitative estimate of drug-likeness (QED) is 0.441. The molecule has 0 heterocycles. The number of halogens is 1. The van der Waals surface area contributed by atoms with Gasteiger partial charge in [0.2, 0.25) is 11.7 Å². The summed E-state index contributed by atoms with van der Waals surface area (Å²) in [5, 5.41) is 13.5. The predicted molar refractivity (Wildman–Crippen MR) is 64.6 cm³/mol. The van der Waals surface area contributed by atoms with Crippen molar-refractivity contribution >= 4 is 17.3 Å². The van der Waals surface area contributed by atoms with Gasteiger partial charge >= 0.3 is 5.69 Å². The topological polar surface area (TPSA) is 98.3 Å². The van der Waals surface area contributed by atoms with Gasteiger partial charge in [0.1, 0.15) is 5.69 Å². The van der Waals surface area contributed by atoms with Crippen LogP contribution in [0.25, 0.3) is 0 Å². The summed E-state index contributed by atoms with van der Waals surface area (Å²) in [5.74, 6) is -1.26. The van der Waals surface area contributed by atoms with Crippen LogP contribution in [0.3, 0.4) is 0 Å². The normalized spacial score (nSPS) is 10.1. The zero-order chi connectivity index (χ0) is 13.5. The highest BCUT2D eigenvalue weighted by Crippen LogP contribution is 2.27. The van der Waals surface area contributed by atoms with E-state index >= 15 is 0 Å². The predicted octanol–water partition coefficient (Wildman–Crippen LogP) is 1.80. The fourth-order valence-corrected chi connectivity index (χ4v) is 1.49. The number of carbonyl (C=O) groups excluding carboxylic acids is 1. The molecule has 0 aliphatic carbocycles. The number of unbranched alkanes of at least 4 members (excludes halogenated alkanes) is 1. The molecular formula is C11H14FN3O3. The second kappa shape index (κ2) is 6.53. The van der Waals surface area contributed by atoms with Crippen LogP contribution in [0, 0.1) is 15.9 Å². The maximum Gasteiger partial charge on any atom is 0.327 e. The van der Waals surface area contributed by atoms with E-state index in [-0.39, 0.29) is 18.0 Å². The zero-order valence-electron chi connectivity index (χ0n) is 9.69. The molecule has 0 saturated carbocycles. The van der Waals surface area contributed by atoms with Gasteiger partial charge in [-0.05, 0) is 25.0 Å². The lowest BCUT2D eigenvalue weighted by molar-refractivity contribution is -0.386. The Morgan fingerprint density at radius 2 is 2.17 bits per heavy atom. The van der Waals surface area contributed by atoms with Crippen molar-refractivity contribution in [3.8, 4) is 0 Å². The van der Waals surface area contributed by atoms with Crippen molar-refractivity contribution < 1.29 is 14.1 Å². The number of hydrogen-bond donors (Lipinski definition) is 2. The van der Waals surface area contributed by atoms with Crippen molar-refractivity contribution in [3.63, 3.8) is 0 Å². The monoisotopic (exact) mass is 255 g/mol. The molecule has 0 radical (unpaired) electrons. The summed E-state index contributed by atoms with van der Waals surface area (Å²) in [5.41, 5.74) is 4.55. The Labute approximate surface area is 103 Å². The van der Waals surface area contributed by atoms with E-state index in [2.05, 4.69) is 5.32 Å². The van der Waals surface area contributed by atoms with Gasteiger partial charge in [-0.3, -0.25) is 14.9 Å². The third kappa shape index (κ3) is 4.00. The van der Waals surface area contributed by atoms with Gasteiger partial charge in [0, 0.05) is 13.0 Å². The Kier molecular flexibility index (Phi) is 5.04. The number of para-hydroxylation sites is 1. The van der Waals surface area contributed by atoms with Crippen LogP contribution in [0.2, 0.25) is 0 Å². The van der Waals surface area contributed by atoms with E-state index in [0.29, 0.717) is 19.4 Å². The van der Waals surface area contributed by atoms with Crippen molar-refractivity contribution in [1.29, 1.82) is 0 Å². The molecule has 0 atom stereocenters. The maximum atomic E-state index is 13.2. The van der Waals surface area contributed by atoms with E-state index in [4.69, 9.17) is 5.73 Å². The molecule has 0 bridgehead atoms. The SMILES string of the molecule is NC(=O)CCCCNc1cccc(F)c1[N+](=O)[O-]. The van der Waals surface area contributed by atoms with Gasteiger partial charge in [-0.15, -0.1) is 0 Å². The smallest absolute Gasteiger partial charge is 0.327 e. The van der Waals surface area contributed by atoms with Crippen LogP contribution < -0.4 is 11.1 Å². The summed E-state index contributed by atoms with van der Waals surface area (Å²) < 4.78 is 13.2. The van der Waals surface area contributed by atoms with E-state index in [1.54, 1.807) is 0 Å². The Hall–Kier alpha value is -2.18. The molecule has 0 unspecified atom stereocenters. The summed E-state index contributed by atoms with van der Waals surface area (Å²) in [6.45, 7) is 0.414. The fourth-order valence-electron chi connectivity index (χ4n) is 1.49. The molecular weight excluding hydrogens is 241 g/mol. The number of hydrogen-bond acceptors (Lipinski definition) is 4. The van der Waals surface area contributed by atoms with E-state index < -0.39 is 16.4 Å². The molecule has 0 saturated heterocycles. The largest absolute Gasteiger partial charge is 0.379 e. The van der Waals surface area contributed by atoms with Crippen molar-refractivity contribution in [2.45, 2.75) is 19.3 Å². The van der Waals surface area contributed by atoms with Crippen LogP contribution in [0.1, 0.15) is 19.3 Å². The number of nitrogens with zero attached hydrogens (tertiary/aromatic N) is 1. The lowest BCUT2D eigenvalue weighted by Gasteiger charge is -2.06. The number of nitrogens with one attached hydrogen (secondary N) is 1. The Bertz CT molecular complexity index is 451. The number of nitro benzene ring substituents is 1. The minimum Gasteiger partial charge on any atom is -0.379 e. The fraction of sp³-hybridized carbons (Fsp3) is 0.364. The summed E-state index contributed by atoms with van der Waals surface area (Å²) in [6.07, 6.45) is 1.48. The van der Waals surface area contributed by atoms with E-state index in [1.165, 1.54) is 12.1 Å². The van der Waals surface area contributed by atoms with Gasteiger partial charge in [-0.25, -0.2) is 0 Å². The first kappa shape index (κ1) is 13.9. The second-order valence-electron chi connectivity index (χ2n) is 3.74. The summed E-state index contributed by atoms with van der Waals surface area (Å²) in [4.78, 5) is 20.4. The molecule has 1 amide bonds. The number of rotatable bonds is 7. The minimum atomic E-state index is -0.873. The standard InChI is InChI=1S/C11H14FN3O3/c12-8-4-3-5-9(11(8)15(17)18)14-7-2-1-6-10(13)16/h3-5,14H,1-2,6-7H2,(H2,13,16). The lowest BCUT2D eigenvalue weighted by Crippen LogP contribution is -2.11. The van der Waals surface area contributed by atoms with Crippen LogP contribution in [-0.2, 0) is 4.79 Å². The first-order valence-electron chi connectivity index (χ1n) is 5.47. The van der Waals surface area contributed by atoms with Crippen molar-refractivity contribution in [3.05, 3.63) is 34.1 Å². The molecule has 3 N–H and O–H groups in total. The van der Waals surface area contributed by atoms with Gasteiger partial charge in [0.15, 0.2) is 0 Å². The molecule has 0 aliphatic rings. The molecule has 0 spiro atoms. The van der Waals surface area contributed by atoms with Crippen LogP contribution in [0.4, 0.5) is 15.8 Å². The van der Waals surface area contributed by atoms with Gasteiger partial charge in [0.25, 0.3) is 0 Å². The number of anilines is 1. The highest BCUT2D eigenvalue weighted by atomic mass is 19.1. The number of nitro groups is 1. The van der Waals surface area contributed by atoms with Crippen LogP contribution in [0.15, 0.2) is 18.2 Å². The average molecular weight is 255 g/mol. The lowest BCUT2D eigenvalue weighted by atomic mass is 10.2. The molecule has 1 aromatic carbocycles. The van der Waals surface area contributed by atoms with Crippen molar-refractivity contribution in [2.75, 3.05) is 11.9 Å². The summed E-state index contributed by atoms with van der Waals surface area (Å²) in [6, 6.07) is 3.87. The van der Waals surface area contributed by atoms with Gasteiger partial charge in [-0.1, -0.05) is 6.07 Å². The molecule has 1 rings (SSSR count). The highest BCUT2D eigenvalue weighted by Gasteiger charge is 2.19. The minimum absolute atomic E-state index is 0.138. The molecule has 0 fully saturated rings. The Morgan fingerprint density at radius 3 is 2.78 bits per heavy atom. The Morgan fingerprint density at radius 1 is 1.44 bits per heavy atom. The summed E-state index contributed by atoms with van der Waals surface area (Å²) in [7, 11) is 0. The van der Waals surface area contributed by atoms with Crippen LogP contribution in [0.5, 0.6) is 0 Å². The number of nitrogens with two attached hydrogens (primary N) is 1. The van der Waals surface area contributed by atoms with Gasteiger partial charge < -0.3 is 11.1 Å². The third-order valence-electron chi connectivity index (χ3n) is 2.33. The molecule has 7 heteroatoms. The maximum absolute atomic E-state index is 13.2. The van der Waals surface area contributed by atoms with Crippen LogP contribution >= 0.6 is 0 Å². The van der Waals surface area contributed by atoms with E-state index in [0.717, 1.165) is 6.07 Å².